The van der Waals surface area contributed by atoms with Crippen LogP contribution in [0.25, 0.3) is 0 Å². The van der Waals surface area contributed by atoms with Gasteiger partial charge < -0.3 is 14.8 Å². The molecule has 2 aromatic rings. The molecule has 0 spiro atoms. The van der Waals surface area contributed by atoms with Gasteiger partial charge >= 0.3 is 0 Å². The number of nitrogens with zero attached hydrogens (tertiary/aromatic N) is 1. The average molecular weight is 341 g/mol. The molecule has 1 amide bonds. The van der Waals surface area contributed by atoms with Crippen LogP contribution in [-0.4, -0.2) is 31.9 Å². The number of carbonyl (C=O) groups excluding carboxylic acids is 1. The largest absolute Gasteiger partial charge is 0.494 e. The van der Waals surface area contributed by atoms with Gasteiger partial charge in [-0.3, -0.25) is 4.79 Å². The number of amides is 1. The van der Waals surface area contributed by atoms with Crippen LogP contribution < -0.4 is 20.2 Å². The van der Waals surface area contributed by atoms with E-state index in [9.17, 15) is 4.79 Å². The number of ether oxygens (including phenoxy) is 2. The monoisotopic (exact) mass is 341 g/mol. The molecule has 6 heteroatoms. The third-order valence-corrected chi connectivity index (χ3v) is 3.21. The van der Waals surface area contributed by atoms with Gasteiger partial charge in [-0.2, -0.15) is 5.10 Å². The standard InChI is InChI=1S/C19H23N3O3/c1-3-24-17-9-5-15(6-10-17)13-21-22-19(23)14-20-16-7-11-18(12-8-16)25-4-2/h5-13,20H,3-4,14H2,1-2H3,(H,22,23)/b21-13-. The van der Waals surface area contributed by atoms with Crippen molar-refractivity contribution >= 4 is 17.8 Å². The summed E-state index contributed by atoms with van der Waals surface area (Å²) in [6, 6.07) is 14.9. The summed E-state index contributed by atoms with van der Waals surface area (Å²) in [6.07, 6.45) is 1.59. The van der Waals surface area contributed by atoms with Crippen LogP contribution in [0.2, 0.25) is 0 Å². The molecule has 0 aliphatic rings. The normalized spacial score (nSPS) is 10.5. The highest BCUT2D eigenvalue weighted by atomic mass is 16.5. The van der Waals surface area contributed by atoms with Crippen LogP contribution in [-0.2, 0) is 4.79 Å². The van der Waals surface area contributed by atoms with Crippen molar-refractivity contribution in [2.45, 2.75) is 13.8 Å². The van der Waals surface area contributed by atoms with Gasteiger partial charge in [-0.05, 0) is 67.9 Å². The molecule has 25 heavy (non-hydrogen) atoms. The van der Waals surface area contributed by atoms with E-state index in [1.54, 1.807) is 6.21 Å². The molecule has 0 saturated heterocycles. The van der Waals surface area contributed by atoms with E-state index in [0.29, 0.717) is 13.2 Å². The summed E-state index contributed by atoms with van der Waals surface area (Å²) in [6.45, 7) is 5.26. The topological polar surface area (TPSA) is 72.0 Å². The number of anilines is 1. The van der Waals surface area contributed by atoms with Gasteiger partial charge in [-0.1, -0.05) is 0 Å². The van der Waals surface area contributed by atoms with Gasteiger partial charge in [-0.15, -0.1) is 0 Å². The number of hydrogen-bond donors (Lipinski definition) is 2. The maximum atomic E-state index is 11.8. The molecule has 0 fully saturated rings. The summed E-state index contributed by atoms with van der Waals surface area (Å²) in [5, 5.41) is 6.97. The Morgan fingerprint density at radius 1 is 0.960 bits per heavy atom. The number of benzene rings is 2. The Balaban J connectivity index is 1.74. The molecule has 0 heterocycles. The second kappa shape index (κ2) is 9.97. The molecule has 0 unspecified atom stereocenters. The highest BCUT2D eigenvalue weighted by Crippen LogP contribution is 2.15. The van der Waals surface area contributed by atoms with Crippen LogP contribution in [0.4, 0.5) is 5.69 Å². The third kappa shape index (κ3) is 6.55. The first kappa shape index (κ1) is 18.3. The molecule has 0 bridgehead atoms. The summed E-state index contributed by atoms with van der Waals surface area (Å²) in [7, 11) is 0. The number of carbonyl (C=O) groups is 1. The zero-order valence-corrected chi connectivity index (χ0v) is 14.5. The zero-order valence-electron chi connectivity index (χ0n) is 14.5. The summed E-state index contributed by atoms with van der Waals surface area (Å²) in [4.78, 5) is 11.8. The van der Waals surface area contributed by atoms with Crippen molar-refractivity contribution < 1.29 is 14.3 Å². The van der Waals surface area contributed by atoms with Crippen molar-refractivity contribution in [2.24, 2.45) is 5.10 Å². The van der Waals surface area contributed by atoms with Crippen LogP contribution in [0, 0.1) is 0 Å². The van der Waals surface area contributed by atoms with Crippen molar-refractivity contribution in [3.05, 3.63) is 54.1 Å². The molecule has 2 aromatic carbocycles. The smallest absolute Gasteiger partial charge is 0.259 e. The van der Waals surface area contributed by atoms with Gasteiger partial charge in [0.1, 0.15) is 11.5 Å². The first-order chi connectivity index (χ1) is 12.2. The van der Waals surface area contributed by atoms with Crippen LogP contribution in [0.5, 0.6) is 11.5 Å². The van der Waals surface area contributed by atoms with Gasteiger partial charge in [-0.25, -0.2) is 5.43 Å². The molecule has 2 N–H and O–H groups in total. The molecule has 2 rings (SSSR count). The van der Waals surface area contributed by atoms with Crippen LogP contribution in [0.3, 0.4) is 0 Å². The van der Waals surface area contributed by atoms with Crippen molar-refractivity contribution in [1.29, 1.82) is 0 Å². The van der Waals surface area contributed by atoms with E-state index in [-0.39, 0.29) is 12.5 Å². The lowest BCUT2D eigenvalue weighted by Gasteiger charge is -2.07. The van der Waals surface area contributed by atoms with Crippen LogP contribution in [0.1, 0.15) is 19.4 Å². The summed E-state index contributed by atoms with van der Waals surface area (Å²) in [5.74, 6) is 1.39. The maximum Gasteiger partial charge on any atom is 0.259 e. The van der Waals surface area contributed by atoms with Crippen molar-refractivity contribution in [2.75, 3.05) is 25.1 Å². The minimum Gasteiger partial charge on any atom is -0.494 e. The number of hydrogen-bond acceptors (Lipinski definition) is 5. The fraction of sp³-hybridized carbons (Fsp3) is 0.263. The zero-order chi connectivity index (χ0) is 17.9. The Bertz CT molecular complexity index is 682. The molecular formula is C19H23N3O3. The average Bonchev–Trinajstić information content (AvgIpc) is 2.63. The van der Waals surface area contributed by atoms with E-state index in [0.717, 1.165) is 22.7 Å². The molecular weight excluding hydrogens is 318 g/mol. The van der Waals surface area contributed by atoms with E-state index in [1.165, 1.54) is 0 Å². The van der Waals surface area contributed by atoms with Gasteiger partial charge in [0.25, 0.3) is 5.91 Å². The second-order valence-electron chi connectivity index (χ2n) is 5.11. The Hall–Kier alpha value is -3.02. The predicted molar refractivity (Wildman–Crippen MR) is 99.4 cm³/mol. The Kier molecular flexibility index (Phi) is 7.31. The fourth-order valence-electron chi connectivity index (χ4n) is 2.05. The third-order valence-electron chi connectivity index (χ3n) is 3.21. The number of hydrazone groups is 1. The van der Waals surface area contributed by atoms with Crippen molar-refractivity contribution in [1.82, 2.24) is 5.43 Å². The van der Waals surface area contributed by atoms with E-state index < -0.39 is 0 Å². The first-order valence-corrected chi connectivity index (χ1v) is 8.22. The summed E-state index contributed by atoms with van der Waals surface area (Å²) < 4.78 is 10.7. The fourth-order valence-corrected chi connectivity index (χ4v) is 2.05. The van der Waals surface area contributed by atoms with E-state index >= 15 is 0 Å². The molecule has 6 nitrogen and oxygen atoms in total. The summed E-state index contributed by atoms with van der Waals surface area (Å²) in [5.41, 5.74) is 4.20. The Morgan fingerprint density at radius 3 is 2.08 bits per heavy atom. The highest BCUT2D eigenvalue weighted by molar-refractivity contribution is 5.84. The molecule has 0 aromatic heterocycles. The van der Waals surface area contributed by atoms with Gasteiger partial charge in [0.15, 0.2) is 0 Å². The van der Waals surface area contributed by atoms with Crippen molar-refractivity contribution in [3.8, 4) is 11.5 Å². The summed E-state index contributed by atoms with van der Waals surface area (Å²) >= 11 is 0. The number of rotatable bonds is 9. The van der Waals surface area contributed by atoms with Crippen LogP contribution in [0.15, 0.2) is 53.6 Å². The SMILES string of the molecule is CCOc1ccc(/C=N\NC(=O)CNc2ccc(OCC)cc2)cc1. The van der Waals surface area contributed by atoms with E-state index in [2.05, 4.69) is 15.8 Å². The molecule has 132 valence electrons. The molecule has 0 aliphatic carbocycles. The lowest BCUT2D eigenvalue weighted by Crippen LogP contribution is -2.25. The van der Waals surface area contributed by atoms with Crippen LogP contribution >= 0.6 is 0 Å². The lowest BCUT2D eigenvalue weighted by atomic mass is 10.2. The highest BCUT2D eigenvalue weighted by Gasteiger charge is 2.00. The second-order valence-corrected chi connectivity index (χ2v) is 5.11. The molecule has 0 aliphatic heterocycles. The van der Waals surface area contributed by atoms with Gasteiger partial charge in [0.05, 0.1) is 26.0 Å². The Morgan fingerprint density at radius 2 is 1.52 bits per heavy atom. The van der Waals surface area contributed by atoms with Gasteiger partial charge in [0.2, 0.25) is 0 Å². The Labute approximate surface area is 147 Å². The molecule has 0 saturated carbocycles. The lowest BCUT2D eigenvalue weighted by molar-refractivity contribution is -0.119. The van der Waals surface area contributed by atoms with E-state index in [4.69, 9.17) is 9.47 Å². The van der Waals surface area contributed by atoms with Gasteiger partial charge in [0, 0.05) is 5.69 Å². The minimum atomic E-state index is -0.226. The molecule has 0 atom stereocenters. The minimum absolute atomic E-state index is 0.134. The predicted octanol–water partition coefficient (Wildman–Crippen LogP) is 3.05. The maximum absolute atomic E-state index is 11.8. The molecule has 0 radical (unpaired) electrons. The van der Waals surface area contributed by atoms with E-state index in [1.807, 2.05) is 62.4 Å². The quantitative estimate of drug-likeness (QED) is 0.543. The van der Waals surface area contributed by atoms with Crippen molar-refractivity contribution in [3.63, 3.8) is 0 Å². The number of nitrogens with one attached hydrogen (secondary N) is 2. The first-order valence-electron chi connectivity index (χ1n) is 8.22.